The number of amides is 1. The number of esters is 1. The third-order valence-corrected chi connectivity index (χ3v) is 3.89. The van der Waals surface area contributed by atoms with Crippen molar-refractivity contribution in [2.24, 2.45) is 5.92 Å². The highest BCUT2D eigenvalue weighted by molar-refractivity contribution is 6.02. The molecule has 19 heavy (non-hydrogen) atoms. The van der Waals surface area contributed by atoms with Crippen molar-refractivity contribution in [3.05, 3.63) is 29.8 Å². The number of hydrogen-bond donors (Lipinski definition) is 0. The van der Waals surface area contributed by atoms with Crippen molar-refractivity contribution in [2.75, 3.05) is 12.0 Å². The number of hydrogen-bond acceptors (Lipinski definition) is 3. The fraction of sp³-hybridized carbons (Fsp3) is 0.467. The Hall–Kier alpha value is -1.84. The summed E-state index contributed by atoms with van der Waals surface area (Å²) < 4.78 is 4.85. The molecular formula is C15H17NO3. The lowest BCUT2D eigenvalue weighted by atomic mass is 9.95. The fourth-order valence-electron chi connectivity index (χ4n) is 2.71. The minimum atomic E-state index is -0.465. The van der Waals surface area contributed by atoms with Crippen LogP contribution in [0.4, 0.5) is 5.69 Å². The summed E-state index contributed by atoms with van der Waals surface area (Å²) in [5.41, 5.74) is 2.01. The van der Waals surface area contributed by atoms with Crippen molar-refractivity contribution in [3.63, 3.8) is 0 Å². The smallest absolute Gasteiger partial charge is 0.328 e. The molecule has 0 spiro atoms. The molecule has 1 aromatic carbocycles. The Morgan fingerprint density at radius 1 is 1.21 bits per heavy atom. The number of carbonyl (C=O) groups excluding carboxylic acids is 2. The number of methoxy groups -OCH3 is 1. The second-order valence-corrected chi connectivity index (χ2v) is 5.19. The average Bonchev–Trinajstić information content (AvgIpc) is 3.29. The second-order valence-electron chi connectivity index (χ2n) is 5.19. The van der Waals surface area contributed by atoms with E-state index in [-0.39, 0.29) is 17.8 Å². The largest absolute Gasteiger partial charge is 0.467 e. The van der Waals surface area contributed by atoms with Crippen molar-refractivity contribution >= 4 is 17.6 Å². The lowest BCUT2D eigenvalue weighted by Gasteiger charge is -2.35. The number of para-hydroxylation sites is 1. The van der Waals surface area contributed by atoms with Crippen LogP contribution in [-0.4, -0.2) is 25.0 Å². The van der Waals surface area contributed by atoms with Crippen LogP contribution in [0, 0.1) is 5.92 Å². The predicted octanol–water partition coefficient (Wildman–Crippen LogP) is 1.92. The van der Waals surface area contributed by atoms with Gasteiger partial charge in [-0.15, -0.1) is 0 Å². The molecule has 1 aliphatic carbocycles. The number of ether oxygens (including phenoxy) is 1. The molecule has 1 fully saturated rings. The lowest BCUT2D eigenvalue weighted by molar-refractivity contribution is -0.144. The van der Waals surface area contributed by atoms with Gasteiger partial charge < -0.3 is 4.74 Å². The van der Waals surface area contributed by atoms with Crippen LogP contribution in [0.15, 0.2) is 24.3 Å². The standard InChI is InChI=1S/C15H17NO3/c1-19-15(18)13-9-8-10-4-2-3-5-12(10)16(13)14(17)11-6-7-11/h2-5,11,13H,6-9H2,1H3/t13-/m1/s1. The molecule has 1 aromatic rings. The van der Waals surface area contributed by atoms with Crippen molar-refractivity contribution in [3.8, 4) is 0 Å². The highest BCUT2D eigenvalue weighted by Gasteiger charge is 2.42. The van der Waals surface area contributed by atoms with Crippen LogP contribution in [0.2, 0.25) is 0 Å². The summed E-state index contributed by atoms with van der Waals surface area (Å²) in [6.07, 6.45) is 3.32. The van der Waals surface area contributed by atoms with Crippen molar-refractivity contribution in [2.45, 2.75) is 31.7 Å². The number of carbonyl (C=O) groups is 2. The van der Waals surface area contributed by atoms with Gasteiger partial charge in [0.25, 0.3) is 0 Å². The third kappa shape index (κ3) is 2.11. The maximum atomic E-state index is 12.5. The van der Waals surface area contributed by atoms with E-state index in [0.29, 0.717) is 6.42 Å². The number of benzene rings is 1. The van der Waals surface area contributed by atoms with E-state index in [1.165, 1.54) is 7.11 Å². The summed E-state index contributed by atoms with van der Waals surface area (Å²) in [5, 5.41) is 0. The molecule has 4 heteroatoms. The van der Waals surface area contributed by atoms with Crippen LogP contribution in [0.3, 0.4) is 0 Å². The third-order valence-electron chi connectivity index (χ3n) is 3.89. The van der Waals surface area contributed by atoms with Crippen molar-refractivity contribution < 1.29 is 14.3 Å². The van der Waals surface area contributed by atoms with Gasteiger partial charge in [0.15, 0.2) is 0 Å². The molecule has 0 bridgehead atoms. The van der Waals surface area contributed by atoms with Gasteiger partial charge >= 0.3 is 5.97 Å². The van der Waals surface area contributed by atoms with Crippen LogP contribution >= 0.6 is 0 Å². The van der Waals surface area contributed by atoms with Gasteiger partial charge in [-0.3, -0.25) is 9.69 Å². The molecule has 1 heterocycles. The molecule has 0 unspecified atom stereocenters. The van der Waals surface area contributed by atoms with Gasteiger partial charge in [0.1, 0.15) is 6.04 Å². The molecule has 1 atom stereocenters. The Bertz CT molecular complexity index is 522. The molecular weight excluding hydrogens is 242 g/mol. The minimum Gasteiger partial charge on any atom is -0.467 e. The van der Waals surface area contributed by atoms with Crippen LogP contribution in [-0.2, 0) is 20.7 Å². The van der Waals surface area contributed by atoms with E-state index < -0.39 is 6.04 Å². The highest BCUT2D eigenvalue weighted by Crippen LogP contribution is 2.38. The van der Waals surface area contributed by atoms with Gasteiger partial charge in [0, 0.05) is 11.6 Å². The maximum Gasteiger partial charge on any atom is 0.328 e. The first-order chi connectivity index (χ1) is 9.22. The maximum absolute atomic E-state index is 12.5. The first-order valence-corrected chi connectivity index (χ1v) is 6.71. The summed E-state index contributed by atoms with van der Waals surface area (Å²) in [5.74, 6) is -0.149. The van der Waals surface area contributed by atoms with Crippen LogP contribution in [0.25, 0.3) is 0 Å². The SMILES string of the molecule is COC(=O)[C@H]1CCc2ccccc2N1C(=O)C1CC1. The van der Waals surface area contributed by atoms with E-state index in [1.807, 2.05) is 24.3 Å². The Morgan fingerprint density at radius 3 is 2.63 bits per heavy atom. The van der Waals surface area contributed by atoms with Crippen LogP contribution in [0.5, 0.6) is 0 Å². The molecule has 0 N–H and O–H groups in total. The molecule has 3 rings (SSSR count). The van der Waals surface area contributed by atoms with Crippen LogP contribution in [0.1, 0.15) is 24.8 Å². The summed E-state index contributed by atoms with van der Waals surface area (Å²) in [6, 6.07) is 7.36. The molecule has 2 aliphatic rings. The molecule has 0 radical (unpaired) electrons. The van der Waals surface area contributed by atoms with Gasteiger partial charge in [0.05, 0.1) is 7.11 Å². The van der Waals surface area contributed by atoms with Crippen molar-refractivity contribution in [1.29, 1.82) is 0 Å². The summed E-state index contributed by atoms with van der Waals surface area (Å²) in [4.78, 5) is 26.1. The molecule has 100 valence electrons. The zero-order valence-corrected chi connectivity index (χ0v) is 11.0. The summed E-state index contributed by atoms with van der Waals surface area (Å²) >= 11 is 0. The summed E-state index contributed by atoms with van der Waals surface area (Å²) in [7, 11) is 1.38. The zero-order valence-electron chi connectivity index (χ0n) is 11.0. The molecule has 4 nitrogen and oxygen atoms in total. The number of anilines is 1. The predicted molar refractivity (Wildman–Crippen MR) is 70.8 cm³/mol. The average molecular weight is 259 g/mol. The van der Waals surface area contributed by atoms with Gasteiger partial charge in [-0.1, -0.05) is 18.2 Å². The quantitative estimate of drug-likeness (QED) is 0.762. The first kappa shape index (κ1) is 12.2. The fourth-order valence-corrected chi connectivity index (χ4v) is 2.71. The van der Waals surface area contributed by atoms with Gasteiger partial charge in [0.2, 0.25) is 5.91 Å². The zero-order chi connectivity index (χ0) is 13.4. The van der Waals surface area contributed by atoms with E-state index in [1.54, 1.807) is 4.90 Å². The van der Waals surface area contributed by atoms with Crippen LogP contribution < -0.4 is 4.90 Å². The Balaban J connectivity index is 2.00. The number of rotatable bonds is 2. The molecule has 0 aromatic heterocycles. The molecule has 1 amide bonds. The van der Waals surface area contributed by atoms with Gasteiger partial charge in [-0.2, -0.15) is 0 Å². The topological polar surface area (TPSA) is 46.6 Å². The second kappa shape index (κ2) is 4.68. The molecule has 1 saturated carbocycles. The highest BCUT2D eigenvalue weighted by atomic mass is 16.5. The Kier molecular flexibility index (Phi) is 3.01. The first-order valence-electron chi connectivity index (χ1n) is 6.71. The summed E-state index contributed by atoms with van der Waals surface area (Å²) in [6.45, 7) is 0. The van der Waals surface area contributed by atoms with E-state index >= 15 is 0 Å². The molecule has 1 aliphatic heterocycles. The van der Waals surface area contributed by atoms with Crippen molar-refractivity contribution in [1.82, 2.24) is 0 Å². The molecule has 0 saturated heterocycles. The lowest BCUT2D eigenvalue weighted by Crippen LogP contribution is -2.49. The normalized spacial score (nSPS) is 21.7. The van der Waals surface area contributed by atoms with E-state index in [9.17, 15) is 9.59 Å². The van der Waals surface area contributed by atoms with E-state index in [2.05, 4.69) is 0 Å². The Labute approximate surface area is 112 Å². The number of nitrogens with zero attached hydrogens (tertiary/aromatic N) is 1. The monoisotopic (exact) mass is 259 g/mol. The number of fused-ring (bicyclic) bond motifs is 1. The Morgan fingerprint density at radius 2 is 1.95 bits per heavy atom. The van der Waals surface area contributed by atoms with E-state index in [4.69, 9.17) is 4.74 Å². The van der Waals surface area contributed by atoms with Gasteiger partial charge in [-0.05, 0) is 37.3 Å². The van der Waals surface area contributed by atoms with Gasteiger partial charge in [-0.25, -0.2) is 4.79 Å². The van der Waals surface area contributed by atoms with E-state index in [0.717, 1.165) is 30.5 Å². The minimum absolute atomic E-state index is 0.0718. The number of aryl methyl sites for hydroxylation is 1.